The quantitative estimate of drug-likeness (QED) is 0.0632. The number of hydrogen-bond acceptors (Lipinski definition) is 3. The summed E-state index contributed by atoms with van der Waals surface area (Å²) in [6.07, 6.45) is 33.6. The van der Waals surface area contributed by atoms with Gasteiger partial charge in [-0.2, -0.15) is 0 Å². The molecule has 0 spiro atoms. The fourth-order valence-corrected chi connectivity index (χ4v) is 7.44. The molecule has 3 rings (SSSR count). The van der Waals surface area contributed by atoms with Gasteiger partial charge in [0.15, 0.2) is 0 Å². The molecule has 0 bridgehead atoms. The van der Waals surface area contributed by atoms with E-state index in [1.165, 1.54) is 153 Å². The van der Waals surface area contributed by atoms with Crippen LogP contribution in [0.1, 0.15) is 203 Å². The van der Waals surface area contributed by atoms with Crippen LogP contribution < -0.4 is 4.74 Å². The Kier molecular flexibility index (Phi) is 24.5. The van der Waals surface area contributed by atoms with Gasteiger partial charge < -0.3 is 14.6 Å². The number of carboxylic acid groups (broad SMARTS) is 1. The maximum absolute atomic E-state index is 12.1. The Bertz CT molecular complexity index is 1360. The molecule has 3 aromatic carbocycles. The van der Waals surface area contributed by atoms with Crippen molar-refractivity contribution in [1.82, 2.24) is 0 Å². The molecule has 4 nitrogen and oxygen atoms in total. The summed E-state index contributed by atoms with van der Waals surface area (Å²) < 4.78 is 12.3. The third-order valence-electron chi connectivity index (χ3n) is 11.0. The molecule has 1 unspecified atom stereocenters. The molecule has 0 aliphatic carbocycles. The molecule has 0 aromatic heterocycles. The lowest BCUT2D eigenvalue weighted by molar-refractivity contribution is 0.0627. The lowest BCUT2D eigenvalue weighted by atomic mass is 9.96. The van der Waals surface area contributed by atoms with Crippen LogP contribution in [0, 0.1) is 0 Å². The first-order valence-electron chi connectivity index (χ1n) is 22.4. The second kappa shape index (κ2) is 29.2. The minimum absolute atomic E-state index is 0.0713. The third kappa shape index (κ3) is 19.0. The Morgan fingerprint density at radius 1 is 0.500 bits per heavy atom. The molecular weight excluding hydrogens is 665 g/mol. The highest BCUT2D eigenvalue weighted by Gasteiger charge is 2.14. The number of ether oxygens (including phenoxy) is 2. The number of rotatable bonds is 33. The maximum Gasteiger partial charge on any atom is 0.336 e. The van der Waals surface area contributed by atoms with Crippen LogP contribution in [-0.4, -0.2) is 24.3 Å². The molecule has 0 saturated carbocycles. The van der Waals surface area contributed by atoms with Crippen LogP contribution in [0.4, 0.5) is 0 Å². The summed E-state index contributed by atoms with van der Waals surface area (Å²) in [6, 6.07) is 22.1. The van der Waals surface area contributed by atoms with Crippen molar-refractivity contribution >= 4 is 5.97 Å². The van der Waals surface area contributed by atoms with Gasteiger partial charge in [-0.1, -0.05) is 210 Å². The van der Waals surface area contributed by atoms with Gasteiger partial charge in [0.1, 0.15) is 5.75 Å². The molecule has 0 aliphatic heterocycles. The molecule has 54 heavy (non-hydrogen) atoms. The number of hydrogen-bond donors (Lipinski definition) is 1. The van der Waals surface area contributed by atoms with Crippen molar-refractivity contribution in [1.29, 1.82) is 0 Å². The molecule has 0 saturated heterocycles. The first kappa shape index (κ1) is 45.3. The van der Waals surface area contributed by atoms with Crippen molar-refractivity contribution in [2.24, 2.45) is 0 Å². The first-order chi connectivity index (χ1) is 26.5. The Hall–Kier alpha value is -3.11. The van der Waals surface area contributed by atoms with Gasteiger partial charge in [0.2, 0.25) is 0 Å². The van der Waals surface area contributed by atoms with Crippen LogP contribution in [0.3, 0.4) is 0 Å². The minimum atomic E-state index is -0.930. The first-order valence-corrected chi connectivity index (χ1v) is 22.4. The van der Waals surface area contributed by atoms with E-state index < -0.39 is 5.97 Å². The second-order valence-electron chi connectivity index (χ2n) is 15.7. The number of carboxylic acids is 1. The number of carbonyl (C=O) groups is 1. The largest absolute Gasteiger partial charge is 0.494 e. The third-order valence-corrected chi connectivity index (χ3v) is 11.0. The standard InChI is InChI=1S/C50H76O4/c1-4-6-8-10-12-14-15-16-17-18-19-20-21-22-24-25-27-39-53-42(3)43-29-31-44(32-30-43)45-33-35-46(36-34-45)49-41-47(37-38-48(49)50(51)52)54-40-28-26-23-13-11-9-7-5-2/h29-38,41-42H,4-28,39-40H2,1-3H3,(H,51,52). The van der Waals surface area contributed by atoms with E-state index in [2.05, 4.69) is 57.2 Å². The zero-order valence-electron chi connectivity index (χ0n) is 34.7. The average molecular weight is 741 g/mol. The summed E-state index contributed by atoms with van der Waals surface area (Å²) in [4.78, 5) is 12.1. The van der Waals surface area contributed by atoms with Crippen LogP contribution in [0.2, 0.25) is 0 Å². The number of benzene rings is 3. The topological polar surface area (TPSA) is 55.8 Å². The average Bonchev–Trinajstić information content (AvgIpc) is 3.19. The zero-order chi connectivity index (χ0) is 38.5. The van der Waals surface area contributed by atoms with Crippen molar-refractivity contribution in [3.05, 3.63) is 77.9 Å². The van der Waals surface area contributed by atoms with E-state index in [1.54, 1.807) is 12.1 Å². The minimum Gasteiger partial charge on any atom is -0.494 e. The summed E-state index contributed by atoms with van der Waals surface area (Å²) >= 11 is 0. The molecule has 1 N–H and O–H groups in total. The van der Waals surface area contributed by atoms with Crippen molar-refractivity contribution in [3.8, 4) is 28.0 Å². The predicted octanol–water partition coefficient (Wildman–Crippen LogP) is 16.0. The summed E-state index contributed by atoms with van der Waals surface area (Å²) in [5, 5.41) is 9.90. The highest BCUT2D eigenvalue weighted by molar-refractivity contribution is 5.96. The summed E-state index contributed by atoms with van der Waals surface area (Å²) in [7, 11) is 0. The van der Waals surface area contributed by atoms with Crippen LogP contribution in [0.15, 0.2) is 66.7 Å². The van der Waals surface area contributed by atoms with Gasteiger partial charge in [0.25, 0.3) is 0 Å². The summed E-state index contributed by atoms with van der Waals surface area (Å²) in [6.45, 7) is 8.15. The SMILES string of the molecule is CCCCCCCCCCCCCCCCCCCOC(C)c1ccc(-c2ccc(-c3cc(OCCCCCCCCCC)ccc3C(=O)O)cc2)cc1. The van der Waals surface area contributed by atoms with Crippen molar-refractivity contribution in [2.75, 3.05) is 13.2 Å². The van der Waals surface area contributed by atoms with Crippen LogP contribution in [0.25, 0.3) is 22.3 Å². The van der Waals surface area contributed by atoms with E-state index in [0.29, 0.717) is 12.2 Å². The van der Waals surface area contributed by atoms with E-state index in [9.17, 15) is 9.90 Å². The van der Waals surface area contributed by atoms with Gasteiger partial charge in [-0.3, -0.25) is 0 Å². The lowest BCUT2D eigenvalue weighted by Crippen LogP contribution is -2.02. The molecule has 3 aromatic rings. The van der Waals surface area contributed by atoms with E-state index in [1.807, 2.05) is 18.2 Å². The van der Waals surface area contributed by atoms with E-state index in [-0.39, 0.29) is 11.7 Å². The monoisotopic (exact) mass is 741 g/mol. The van der Waals surface area contributed by atoms with E-state index in [0.717, 1.165) is 41.9 Å². The van der Waals surface area contributed by atoms with Gasteiger partial charge in [-0.15, -0.1) is 0 Å². The molecule has 0 radical (unpaired) electrons. The van der Waals surface area contributed by atoms with E-state index in [4.69, 9.17) is 9.47 Å². The van der Waals surface area contributed by atoms with Gasteiger partial charge in [0.05, 0.1) is 18.3 Å². The van der Waals surface area contributed by atoms with Gasteiger partial charge in [-0.25, -0.2) is 4.79 Å². The molecule has 4 heteroatoms. The Morgan fingerprint density at radius 3 is 1.33 bits per heavy atom. The molecular formula is C50H76O4. The van der Waals surface area contributed by atoms with Crippen molar-refractivity contribution in [2.45, 2.75) is 187 Å². The smallest absolute Gasteiger partial charge is 0.336 e. The molecule has 300 valence electrons. The van der Waals surface area contributed by atoms with Gasteiger partial charge in [0, 0.05) is 6.61 Å². The Labute approximate surface area is 330 Å². The normalized spacial score (nSPS) is 11.9. The van der Waals surface area contributed by atoms with Gasteiger partial charge >= 0.3 is 5.97 Å². The Balaban J connectivity index is 1.31. The summed E-state index contributed by atoms with van der Waals surface area (Å²) in [5.41, 5.74) is 5.26. The molecule has 1 atom stereocenters. The molecule has 0 heterocycles. The zero-order valence-corrected chi connectivity index (χ0v) is 34.7. The van der Waals surface area contributed by atoms with Gasteiger partial charge in [-0.05, 0) is 65.8 Å². The van der Waals surface area contributed by atoms with Crippen LogP contribution in [-0.2, 0) is 4.74 Å². The van der Waals surface area contributed by atoms with Crippen LogP contribution >= 0.6 is 0 Å². The lowest BCUT2D eigenvalue weighted by Gasteiger charge is -2.14. The number of aromatic carboxylic acids is 1. The molecule has 0 aliphatic rings. The predicted molar refractivity (Wildman–Crippen MR) is 231 cm³/mol. The van der Waals surface area contributed by atoms with Crippen LogP contribution in [0.5, 0.6) is 5.75 Å². The Morgan fingerprint density at radius 2 is 0.889 bits per heavy atom. The van der Waals surface area contributed by atoms with E-state index >= 15 is 0 Å². The van der Waals surface area contributed by atoms with Crippen molar-refractivity contribution < 1.29 is 19.4 Å². The highest BCUT2D eigenvalue weighted by atomic mass is 16.5. The number of unbranched alkanes of at least 4 members (excludes halogenated alkanes) is 23. The maximum atomic E-state index is 12.1. The van der Waals surface area contributed by atoms with Crippen molar-refractivity contribution in [3.63, 3.8) is 0 Å². The molecule has 0 amide bonds. The molecule has 0 fully saturated rings. The fraction of sp³-hybridized carbons (Fsp3) is 0.620. The summed E-state index contributed by atoms with van der Waals surface area (Å²) in [5.74, 6) is -0.209. The second-order valence-corrected chi connectivity index (χ2v) is 15.7. The fourth-order valence-electron chi connectivity index (χ4n) is 7.44. The highest BCUT2D eigenvalue weighted by Crippen LogP contribution is 2.31.